The van der Waals surface area contributed by atoms with Gasteiger partial charge in [-0.05, 0) is 25.1 Å². The lowest BCUT2D eigenvalue weighted by molar-refractivity contribution is -0.118. The summed E-state index contributed by atoms with van der Waals surface area (Å²) >= 11 is 6.10. The van der Waals surface area contributed by atoms with Crippen LogP contribution in [0.4, 0.5) is 5.69 Å². The smallest absolute Gasteiger partial charge is 0.227 e. The van der Waals surface area contributed by atoms with E-state index in [1.165, 1.54) is 0 Å². The van der Waals surface area contributed by atoms with Crippen molar-refractivity contribution in [3.8, 4) is 0 Å². The average Bonchev–Trinajstić information content (AvgIpc) is 2.26. The normalized spacial score (nSPS) is 18.1. The van der Waals surface area contributed by atoms with Gasteiger partial charge in [-0.3, -0.25) is 4.79 Å². The van der Waals surface area contributed by atoms with Crippen molar-refractivity contribution in [2.45, 2.75) is 12.8 Å². The molecule has 0 aromatic heterocycles. The number of hydrogen-bond donors (Lipinski definition) is 1. The molecule has 0 spiro atoms. The van der Waals surface area contributed by atoms with E-state index in [2.05, 4.69) is 5.32 Å². The standard InChI is InChI=1S/C12H15ClN2O/c13-10-4-1-2-5-11(10)15-9-8-14-7-3-6-12(15)16/h1-2,4-5,14H,3,6-9H2. The summed E-state index contributed by atoms with van der Waals surface area (Å²) < 4.78 is 0. The van der Waals surface area contributed by atoms with Crippen LogP contribution in [-0.4, -0.2) is 25.5 Å². The van der Waals surface area contributed by atoms with Crippen LogP contribution in [0, 0.1) is 0 Å². The first-order chi connectivity index (χ1) is 7.79. The summed E-state index contributed by atoms with van der Waals surface area (Å²) in [5.74, 6) is 0.162. The van der Waals surface area contributed by atoms with Crippen LogP contribution >= 0.6 is 11.6 Å². The number of amides is 1. The molecule has 0 radical (unpaired) electrons. The zero-order valence-corrected chi connectivity index (χ0v) is 9.83. The van der Waals surface area contributed by atoms with Gasteiger partial charge in [0.2, 0.25) is 5.91 Å². The summed E-state index contributed by atoms with van der Waals surface area (Å²) in [4.78, 5) is 13.7. The van der Waals surface area contributed by atoms with E-state index in [0.29, 0.717) is 18.0 Å². The molecule has 1 heterocycles. The molecule has 1 aromatic rings. The molecule has 86 valence electrons. The lowest BCUT2D eigenvalue weighted by atomic mass is 10.2. The SMILES string of the molecule is O=C1CCCNCCN1c1ccccc1Cl. The van der Waals surface area contributed by atoms with Crippen molar-refractivity contribution in [2.75, 3.05) is 24.5 Å². The fraction of sp³-hybridized carbons (Fsp3) is 0.417. The number of nitrogens with zero attached hydrogens (tertiary/aromatic N) is 1. The quantitative estimate of drug-likeness (QED) is 0.812. The van der Waals surface area contributed by atoms with Crippen molar-refractivity contribution in [1.82, 2.24) is 5.32 Å². The van der Waals surface area contributed by atoms with Crippen LogP contribution in [0.2, 0.25) is 5.02 Å². The zero-order valence-electron chi connectivity index (χ0n) is 9.08. The van der Waals surface area contributed by atoms with Gasteiger partial charge < -0.3 is 10.2 Å². The minimum absolute atomic E-state index is 0.162. The Labute approximate surface area is 100 Å². The number of hydrogen-bond acceptors (Lipinski definition) is 2. The van der Waals surface area contributed by atoms with Crippen LogP contribution in [0.3, 0.4) is 0 Å². The molecule has 1 amide bonds. The molecule has 0 saturated carbocycles. The number of benzene rings is 1. The second kappa shape index (κ2) is 5.32. The third kappa shape index (κ3) is 2.54. The average molecular weight is 239 g/mol. The number of rotatable bonds is 1. The fourth-order valence-corrected chi connectivity index (χ4v) is 2.10. The Bertz CT molecular complexity index is 381. The van der Waals surface area contributed by atoms with Crippen molar-refractivity contribution in [1.29, 1.82) is 0 Å². The molecule has 2 rings (SSSR count). The predicted molar refractivity (Wildman–Crippen MR) is 65.9 cm³/mol. The van der Waals surface area contributed by atoms with Crippen molar-refractivity contribution in [3.63, 3.8) is 0 Å². The van der Waals surface area contributed by atoms with Crippen LogP contribution in [0.15, 0.2) is 24.3 Å². The number of nitrogens with one attached hydrogen (secondary N) is 1. The number of carbonyl (C=O) groups excluding carboxylic acids is 1. The highest BCUT2D eigenvalue weighted by Crippen LogP contribution is 2.25. The Balaban J connectivity index is 2.22. The van der Waals surface area contributed by atoms with E-state index in [1.54, 1.807) is 4.90 Å². The van der Waals surface area contributed by atoms with E-state index < -0.39 is 0 Å². The van der Waals surface area contributed by atoms with Crippen molar-refractivity contribution < 1.29 is 4.79 Å². The molecule has 1 aliphatic heterocycles. The molecule has 0 unspecified atom stereocenters. The Kier molecular flexibility index (Phi) is 3.80. The molecule has 0 bridgehead atoms. The summed E-state index contributed by atoms with van der Waals surface area (Å²) in [7, 11) is 0. The van der Waals surface area contributed by atoms with Crippen LogP contribution in [0.5, 0.6) is 0 Å². The van der Waals surface area contributed by atoms with Crippen molar-refractivity contribution in [2.24, 2.45) is 0 Å². The molecule has 4 heteroatoms. The van der Waals surface area contributed by atoms with Crippen LogP contribution < -0.4 is 10.2 Å². The molecule has 3 nitrogen and oxygen atoms in total. The van der Waals surface area contributed by atoms with Gasteiger partial charge in [0, 0.05) is 19.5 Å². The van der Waals surface area contributed by atoms with Gasteiger partial charge in [-0.15, -0.1) is 0 Å². The maximum atomic E-state index is 12.0. The third-order valence-corrected chi connectivity index (χ3v) is 3.02. The lowest BCUT2D eigenvalue weighted by Gasteiger charge is -2.26. The summed E-state index contributed by atoms with van der Waals surface area (Å²) in [6.45, 7) is 2.42. The first-order valence-electron chi connectivity index (χ1n) is 5.54. The fourth-order valence-electron chi connectivity index (χ4n) is 1.87. The van der Waals surface area contributed by atoms with E-state index in [-0.39, 0.29) is 5.91 Å². The summed E-state index contributed by atoms with van der Waals surface area (Å²) in [6, 6.07) is 7.48. The molecule has 0 atom stereocenters. The van der Waals surface area contributed by atoms with E-state index in [4.69, 9.17) is 11.6 Å². The predicted octanol–water partition coefficient (Wildman–Crippen LogP) is 2.06. The van der Waals surface area contributed by atoms with Crippen LogP contribution in [-0.2, 0) is 4.79 Å². The number of para-hydroxylation sites is 1. The molecule has 1 N–H and O–H groups in total. The molecular weight excluding hydrogens is 224 g/mol. The van der Waals surface area contributed by atoms with Gasteiger partial charge in [-0.1, -0.05) is 23.7 Å². The van der Waals surface area contributed by atoms with E-state index >= 15 is 0 Å². The molecule has 0 aliphatic carbocycles. The first kappa shape index (κ1) is 11.4. The Morgan fingerprint density at radius 1 is 1.25 bits per heavy atom. The van der Waals surface area contributed by atoms with Gasteiger partial charge in [-0.2, -0.15) is 0 Å². The summed E-state index contributed by atoms with van der Waals surface area (Å²) in [5.41, 5.74) is 0.817. The number of halogens is 1. The molecule has 1 aliphatic rings. The molecule has 1 aromatic carbocycles. The molecule has 16 heavy (non-hydrogen) atoms. The second-order valence-electron chi connectivity index (χ2n) is 3.85. The third-order valence-electron chi connectivity index (χ3n) is 2.70. The summed E-state index contributed by atoms with van der Waals surface area (Å²) in [6.07, 6.45) is 1.47. The highest BCUT2D eigenvalue weighted by Gasteiger charge is 2.18. The summed E-state index contributed by atoms with van der Waals surface area (Å²) in [5, 5.41) is 3.93. The molecule has 1 fully saturated rings. The Morgan fingerprint density at radius 3 is 2.88 bits per heavy atom. The highest BCUT2D eigenvalue weighted by atomic mass is 35.5. The number of carbonyl (C=O) groups is 1. The van der Waals surface area contributed by atoms with Gasteiger partial charge >= 0.3 is 0 Å². The highest BCUT2D eigenvalue weighted by molar-refractivity contribution is 6.33. The number of anilines is 1. The molecular formula is C12H15ClN2O. The van der Waals surface area contributed by atoms with Gasteiger partial charge in [0.15, 0.2) is 0 Å². The Morgan fingerprint density at radius 2 is 2.06 bits per heavy atom. The van der Waals surface area contributed by atoms with Gasteiger partial charge in [0.1, 0.15) is 0 Å². The molecule has 1 saturated heterocycles. The van der Waals surface area contributed by atoms with Crippen molar-refractivity contribution >= 4 is 23.2 Å². The van der Waals surface area contributed by atoms with E-state index in [9.17, 15) is 4.79 Å². The first-order valence-corrected chi connectivity index (χ1v) is 5.92. The van der Waals surface area contributed by atoms with Crippen LogP contribution in [0.25, 0.3) is 0 Å². The zero-order chi connectivity index (χ0) is 11.4. The van der Waals surface area contributed by atoms with E-state index in [0.717, 1.165) is 25.2 Å². The van der Waals surface area contributed by atoms with Gasteiger partial charge in [-0.25, -0.2) is 0 Å². The topological polar surface area (TPSA) is 32.3 Å². The minimum Gasteiger partial charge on any atom is -0.315 e. The second-order valence-corrected chi connectivity index (χ2v) is 4.26. The van der Waals surface area contributed by atoms with Crippen molar-refractivity contribution in [3.05, 3.63) is 29.3 Å². The van der Waals surface area contributed by atoms with E-state index in [1.807, 2.05) is 24.3 Å². The minimum atomic E-state index is 0.162. The maximum absolute atomic E-state index is 12.0. The monoisotopic (exact) mass is 238 g/mol. The largest absolute Gasteiger partial charge is 0.315 e. The maximum Gasteiger partial charge on any atom is 0.227 e. The lowest BCUT2D eigenvalue weighted by Crippen LogP contribution is -2.40. The van der Waals surface area contributed by atoms with Crippen LogP contribution in [0.1, 0.15) is 12.8 Å². The Hall–Kier alpha value is -1.06. The van der Waals surface area contributed by atoms with Gasteiger partial charge in [0.25, 0.3) is 0 Å². The van der Waals surface area contributed by atoms with Gasteiger partial charge in [0.05, 0.1) is 10.7 Å².